The number of phenolic OH excluding ortho intramolecular Hbond substituents is 2. The molecule has 2 aromatic carbocycles. The van der Waals surface area contributed by atoms with Crippen LogP contribution in [0.5, 0.6) is 23.0 Å². The quantitative estimate of drug-likeness (QED) is 0.222. The van der Waals surface area contributed by atoms with E-state index in [1.54, 1.807) is 18.2 Å². The fourth-order valence-corrected chi connectivity index (χ4v) is 3.41. The molecule has 3 aromatic rings. The van der Waals surface area contributed by atoms with Gasteiger partial charge in [0.1, 0.15) is 11.5 Å². The molecule has 0 aliphatic heterocycles. The van der Waals surface area contributed by atoms with Crippen LogP contribution in [0.15, 0.2) is 34.9 Å². The van der Waals surface area contributed by atoms with Crippen LogP contribution in [0.25, 0.3) is 11.0 Å². The summed E-state index contributed by atoms with van der Waals surface area (Å²) >= 11 is 0. The van der Waals surface area contributed by atoms with E-state index in [4.69, 9.17) is 18.5 Å². The predicted octanol–water partition coefficient (Wildman–Crippen LogP) is -0.306. The molecule has 0 saturated carbocycles. The van der Waals surface area contributed by atoms with Gasteiger partial charge in [-0.3, -0.25) is 4.55 Å². The van der Waals surface area contributed by atoms with E-state index in [9.17, 15) is 18.6 Å². The molecule has 1 heterocycles. The van der Waals surface area contributed by atoms with Crippen molar-refractivity contribution in [3.8, 4) is 23.0 Å². The fraction of sp³-hybridized carbons (Fsp3) is 0.316. The van der Waals surface area contributed by atoms with Crippen molar-refractivity contribution in [2.24, 2.45) is 0 Å². The maximum Gasteiger partial charge on any atom is 1.00 e. The third-order valence-corrected chi connectivity index (χ3v) is 5.11. The van der Waals surface area contributed by atoms with Crippen molar-refractivity contribution < 1.29 is 88.6 Å². The number of fused-ring (bicyclic) bond motifs is 1. The second-order valence-corrected chi connectivity index (χ2v) is 8.01. The SMILES string of the molecule is COc1ccc(CCc2noc3cc(OCCCS(=O)(=O)O)cc(O)c23)cc1O.[K+]. The first-order valence-corrected chi connectivity index (χ1v) is 10.4. The van der Waals surface area contributed by atoms with Crippen molar-refractivity contribution in [2.75, 3.05) is 19.5 Å². The number of aromatic nitrogens is 1. The Labute approximate surface area is 216 Å². The van der Waals surface area contributed by atoms with Gasteiger partial charge in [-0.2, -0.15) is 8.42 Å². The van der Waals surface area contributed by atoms with Crippen LogP contribution in [0.4, 0.5) is 0 Å². The summed E-state index contributed by atoms with van der Waals surface area (Å²) in [7, 11) is -2.56. The second kappa shape index (κ2) is 10.8. The van der Waals surface area contributed by atoms with Gasteiger partial charge in [0, 0.05) is 12.1 Å². The van der Waals surface area contributed by atoms with Gasteiger partial charge in [0.05, 0.1) is 30.5 Å². The Morgan fingerprint density at radius 3 is 2.53 bits per heavy atom. The molecule has 156 valence electrons. The molecule has 3 N–H and O–H groups in total. The molecule has 11 heteroatoms. The summed E-state index contributed by atoms with van der Waals surface area (Å²) in [6, 6.07) is 8.07. The number of phenols is 2. The van der Waals surface area contributed by atoms with Crippen LogP contribution in [-0.4, -0.2) is 47.8 Å². The van der Waals surface area contributed by atoms with Gasteiger partial charge in [-0.25, -0.2) is 0 Å². The number of rotatable bonds is 9. The number of ether oxygens (including phenoxy) is 2. The van der Waals surface area contributed by atoms with E-state index < -0.39 is 15.9 Å². The summed E-state index contributed by atoms with van der Waals surface area (Å²) in [5, 5.41) is 24.7. The van der Waals surface area contributed by atoms with Crippen molar-refractivity contribution in [2.45, 2.75) is 19.3 Å². The maximum atomic E-state index is 10.7. The summed E-state index contributed by atoms with van der Waals surface area (Å²) < 4.78 is 45.8. The van der Waals surface area contributed by atoms with Crippen LogP contribution in [0.3, 0.4) is 0 Å². The Bertz CT molecular complexity index is 1110. The van der Waals surface area contributed by atoms with Gasteiger partial charge < -0.3 is 24.2 Å². The van der Waals surface area contributed by atoms with E-state index in [0.717, 1.165) is 5.56 Å². The molecule has 0 spiro atoms. The van der Waals surface area contributed by atoms with E-state index in [2.05, 4.69) is 5.16 Å². The normalized spacial score (nSPS) is 11.3. The molecule has 30 heavy (non-hydrogen) atoms. The van der Waals surface area contributed by atoms with Crippen LogP contribution >= 0.6 is 0 Å². The number of methoxy groups -OCH3 is 1. The molecule has 3 rings (SSSR count). The summed E-state index contributed by atoms with van der Waals surface area (Å²) in [5.41, 5.74) is 1.77. The number of aromatic hydroxyl groups is 2. The molecular formula is C19H21KNO8S+. The Morgan fingerprint density at radius 1 is 1.10 bits per heavy atom. The molecule has 0 unspecified atom stereocenters. The van der Waals surface area contributed by atoms with E-state index >= 15 is 0 Å². The fourth-order valence-electron chi connectivity index (χ4n) is 2.93. The zero-order valence-corrected chi connectivity index (χ0v) is 20.6. The van der Waals surface area contributed by atoms with E-state index in [1.165, 1.54) is 13.2 Å². The molecule has 0 aliphatic carbocycles. The number of nitrogens with zero attached hydrogens (tertiary/aromatic N) is 1. The van der Waals surface area contributed by atoms with Crippen molar-refractivity contribution in [1.29, 1.82) is 0 Å². The number of benzene rings is 2. The first kappa shape index (κ1) is 24.9. The Balaban J connectivity index is 0.00000320. The molecule has 0 atom stereocenters. The van der Waals surface area contributed by atoms with Crippen molar-refractivity contribution >= 4 is 21.1 Å². The monoisotopic (exact) mass is 462 g/mol. The molecule has 0 aliphatic rings. The second-order valence-electron chi connectivity index (χ2n) is 6.44. The zero-order chi connectivity index (χ0) is 21.0. The van der Waals surface area contributed by atoms with Gasteiger partial charge in [-0.15, -0.1) is 0 Å². The van der Waals surface area contributed by atoms with Gasteiger partial charge in [0.15, 0.2) is 17.1 Å². The predicted molar refractivity (Wildman–Crippen MR) is 104 cm³/mol. The smallest absolute Gasteiger partial charge is 0.507 e. The van der Waals surface area contributed by atoms with E-state index in [1.807, 2.05) is 6.07 Å². The first-order chi connectivity index (χ1) is 13.8. The molecule has 1 aromatic heterocycles. The summed E-state index contributed by atoms with van der Waals surface area (Å²) in [5.74, 6) is 0.263. The third kappa shape index (κ3) is 6.58. The minimum absolute atomic E-state index is 0. The van der Waals surface area contributed by atoms with Crippen molar-refractivity contribution in [3.63, 3.8) is 0 Å². The van der Waals surface area contributed by atoms with Gasteiger partial charge in [0.25, 0.3) is 10.1 Å². The van der Waals surface area contributed by atoms with Crippen LogP contribution in [-0.2, 0) is 23.0 Å². The van der Waals surface area contributed by atoms with Gasteiger partial charge in [-0.05, 0) is 37.0 Å². The summed E-state index contributed by atoms with van der Waals surface area (Å²) in [4.78, 5) is 0. The van der Waals surface area contributed by atoms with Crippen LogP contribution in [0, 0.1) is 0 Å². The molecular weight excluding hydrogens is 441 g/mol. The van der Waals surface area contributed by atoms with Crippen molar-refractivity contribution in [1.82, 2.24) is 5.16 Å². The van der Waals surface area contributed by atoms with E-state index in [-0.39, 0.29) is 75.9 Å². The topological polar surface area (TPSA) is 139 Å². The molecule has 0 radical (unpaired) electrons. The summed E-state index contributed by atoms with van der Waals surface area (Å²) in [6.45, 7) is 0.0483. The minimum Gasteiger partial charge on any atom is -0.507 e. The standard InChI is InChI=1S/C19H21NO8S.K/c1-26-17-6-4-12(9-15(17)21)3-5-14-19-16(22)10-13(11-18(19)28-20-14)27-7-2-8-29(23,24)25;/h4,6,9-11,21-22H,2-3,5,7-8H2,1H3,(H,23,24,25);/q;+1. The minimum atomic E-state index is -4.03. The molecule has 0 bridgehead atoms. The van der Waals surface area contributed by atoms with Crippen molar-refractivity contribution in [3.05, 3.63) is 41.6 Å². The van der Waals surface area contributed by atoms with Crippen LogP contribution in [0.2, 0.25) is 0 Å². The first-order valence-electron chi connectivity index (χ1n) is 8.82. The van der Waals surface area contributed by atoms with Crippen LogP contribution in [0.1, 0.15) is 17.7 Å². The Kier molecular flexibility index (Phi) is 8.97. The number of aryl methyl sites for hydroxylation is 2. The zero-order valence-electron chi connectivity index (χ0n) is 16.7. The average Bonchev–Trinajstić information content (AvgIpc) is 3.06. The molecule has 9 nitrogen and oxygen atoms in total. The van der Waals surface area contributed by atoms with Gasteiger partial charge in [0.2, 0.25) is 0 Å². The summed E-state index contributed by atoms with van der Waals surface area (Å²) in [6.07, 6.45) is 1.14. The Hall–Kier alpha value is -1.34. The maximum absolute atomic E-state index is 10.7. The molecule has 0 amide bonds. The molecule has 0 saturated heterocycles. The molecule has 0 fully saturated rings. The third-order valence-electron chi connectivity index (χ3n) is 4.31. The average molecular weight is 463 g/mol. The number of hydrogen-bond donors (Lipinski definition) is 3. The Morgan fingerprint density at radius 2 is 1.87 bits per heavy atom. The number of hydrogen-bond acceptors (Lipinski definition) is 8. The van der Waals surface area contributed by atoms with E-state index in [0.29, 0.717) is 41.0 Å². The largest absolute Gasteiger partial charge is 1.00 e. The van der Waals surface area contributed by atoms with Gasteiger partial charge >= 0.3 is 51.4 Å². The van der Waals surface area contributed by atoms with Gasteiger partial charge in [-0.1, -0.05) is 11.2 Å². The van der Waals surface area contributed by atoms with Crippen LogP contribution < -0.4 is 60.9 Å².